The van der Waals surface area contributed by atoms with E-state index < -0.39 is 0 Å². The number of amides is 1. The van der Waals surface area contributed by atoms with E-state index in [4.69, 9.17) is 0 Å². The first-order chi connectivity index (χ1) is 15.0. The third-order valence-corrected chi connectivity index (χ3v) is 7.36. The van der Waals surface area contributed by atoms with Gasteiger partial charge in [-0.15, -0.1) is 28.5 Å². The number of hydrogen-bond acceptors (Lipinski definition) is 5. The normalized spacial score (nSPS) is 10.8. The zero-order valence-corrected chi connectivity index (χ0v) is 20.8. The molecule has 0 saturated carbocycles. The molecule has 1 N–H and O–H groups in total. The Labute approximate surface area is 200 Å². The van der Waals surface area contributed by atoms with Gasteiger partial charge in [0, 0.05) is 22.5 Å². The van der Waals surface area contributed by atoms with Crippen molar-refractivity contribution in [1.29, 1.82) is 0 Å². The lowest BCUT2D eigenvalue weighted by molar-refractivity contribution is -0.113. The Morgan fingerprint density at radius 3 is 2.65 bits per heavy atom. The molecule has 31 heavy (non-hydrogen) atoms. The van der Waals surface area contributed by atoms with Crippen LogP contribution in [-0.4, -0.2) is 26.4 Å². The number of thioether (sulfide) groups is 2. The highest BCUT2D eigenvalue weighted by molar-refractivity contribution is 9.10. The minimum atomic E-state index is -0.0739. The number of allylic oxidation sites excluding steroid dienone is 1. The number of aryl methyl sites for hydroxylation is 2. The van der Waals surface area contributed by atoms with Gasteiger partial charge in [0.25, 0.3) is 0 Å². The number of nitrogens with one attached hydrogen (secondary N) is 1. The zero-order valence-electron chi connectivity index (χ0n) is 17.6. The van der Waals surface area contributed by atoms with E-state index in [0.717, 1.165) is 38.2 Å². The molecule has 1 aromatic heterocycles. The van der Waals surface area contributed by atoms with Crippen molar-refractivity contribution in [2.24, 2.45) is 0 Å². The number of carbonyl (C=O) groups excluding carboxylic acids is 1. The van der Waals surface area contributed by atoms with Gasteiger partial charge in [-0.1, -0.05) is 63.6 Å². The molecule has 0 saturated heterocycles. The summed E-state index contributed by atoms with van der Waals surface area (Å²) < 4.78 is 3.04. The molecule has 2 aromatic carbocycles. The molecule has 3 aromatic rings. The highest BCUT2D eigenvalue weighted by atomic mass is 79.9. The summed E-state index contributed by atoms with van der Waals surface area (Å²) in [5.74, 6) is 2.75. The molecule has 162 valence electrons. The summed E-state index contributed by atoms with van der Waals surface area (Å²) in [5, 5.41) is 12.3. The Morgan fingerprint density at radius 2 is 1.94 bits per heavy atom. The van der Waals surface area contributed by atoms with Crippen molar-refractivity contribution in [1.82, 2.24) is 14.8 Å². The fraction of sp³-hybridized carbons (Fsp3) is 0.261. The Kier molecular flexibility index (Phi) is 8.80. The first kappa shape index (κ1) is 23.6. The van der Waals surface area contributed by atoms with Crippen LogP contribution in [0, 0.1) is 13.8 Å². The molecule has 0 aliphatic carbocycles. The number of aromatic nitrogens is 3. The van der Waals surface area contributed by atoms with E-state index in [2.05, 4.69) is 69.2 Å². The van der Waals surface area contributed by atoms with Crippen LogP contribution < -0.4 is 5.32 Å². The van der Waals surface area contributed by atoms with Crippen molar-refractivity contribution in [3.8, 4) is 0 Å². The summed E-state index contributed by atoms with van der Waals surface area (Å²) >= 11 is 6.65. The van der Waals surface area contributed by atoms with E-state index in [0.29, 0.717) is 6.54 Å². The van der Waals surface area contributed by atoms with Crippen LogP contribution in [0.1, 0.15) is 22.5 Å². The van der Waals surface area contributed by atoms with Gasteiger partial charge in [-0.25, -0.2) is 0 Å². The summed E-state index contributed by atoms with van der Waals surface area (Å²) in [6, 6.07) is 14.3. The maximum absolute atomic E-state index is 12.4. The van der Waals surface area contributed by atoms with Crippen LogP contribution in [0.2, 0.25) is 0 Å². The number of anilines is 1. The molecule has 0 radical (unpaired) electrons. The first-order valence-electron chi connectivity index (χ1n) is 9.81. The van der Waals surface area contributed by atoms with E-state index >= 15 is 0 Å². The number of nitrogens with zero attached hydrogens (tertiary/aromatic N) is 3. The SMILES string of the molecule is C=CCn1c(CSCc2ccc(C)cc2)nnc1SCC(=O)Nc1ccc(Br)c(C)c1. The Balaban J connectivity index is 1.56. The molecule has 8 heteroatoms. The lowest BCUT2D eigenvalue weighted by Crippen LogP contribution is -2.15. The summed E-state index contributed by atoms with van der Waals surface area (Å²) in [6.07, 6.45) is 1.83. The van der Waals surface area contributed by atoms with Crippen LogP contribution >= 0.6 is 39.5 Å². The molecule has 5 nitrogen and oxygen atoms in total. The molecule has 0 aliphatic heterocycles. The largest absolute Gasteiger partial charge is 0.325 e. The van der Waals surface area contributed by atoms with Gasteiger partial charge in [-0.3, -0.25) is 4.79 Å². The Bertz CT molecular complexity index is 1050. The van der Waals surface area contributed by atoms with Gasteiger partial charge in [0.05, 0.1) is 11.5 Å². The number of benzene rings is 2. The van der Waals surface area contributed by atoms with Gasteiger partial charge in [-0.2, -0.15) is 0 Å². The molecule has 1 amide bonds. The van der Waals surface area contributed by atoms with E-state index in [1.165, 1.54) is 22.9 Å². The van der Waals surface area contributed by atoms with Gasteiger partial charge in [0.2, 0.25) is 5.91 Å². The third kappa shape index (κ3) is 6.98. The van der Waals surface area contributed by atoms with Crippen molar-refractivity contribution in [3.05, 3.63) is 82.1 Å². The minimum absolute atomic E-state index is 0.0739. The van der Waals surface area contributed by atoms with Crippen molar-refractivity contribution in [3.63, 3.8) is 0 Å². The lowest BCUT2D eigenvalue weighted by atomic mass is 10.2. The second-order valence-corrected chi connectivity index (χ2v) is 9.86. The minimum Gasteiger partial charge on any atom is -0.325 e. The zero-order chi connectivity index (χ0) is 22.2. The topological polar surface area (TPSA) is 59.8 Å². The molecular formula is C23H25BrN4OS2. The summed E-state index contributed by atoms with van der Waals surface area (Å²) in [4.78, 5) is 12.4. The van der Waals surface area contributed by atoms with Crippen LogP contribution in [-0.2, 0) is 22.8 Å². The van der Waals surface area contributed by atoms with Crippen LogP contribution in [0.5, 0.6) is 0 Å². The van der Waals surface area contributed by atoms with Gasteiger partial charge < -0.3 is 9.88 Å². The number of rotatable bonds is 10. The third-order valence-electron chi connectivity index (χ3n) is 4.50. The number of carbonyl (C=O) groups is 1. The molecule has 0 fully saturated rings. The Hall–Kier alpha value is -2.03. The number of halogens is 1. The predicted molar refractivity (Wildman–Crippen MR) is 135 cm³/mol. The molecule has 3 rings (SSSR count). The average Bonchev–Trinajstić information content (AvgIpc) is 3.13. The molecule has 0 spiro atoms. The molecule has 0 atom stereocenters. The van der Waals surface area contributed by atoms with Crippen LogP contribution in [0.15, 0.2) is 64.7 Å². The molecule has 0 unspecified atom stereocenters. The maximum Gasteiger partial charge on any atom is 0.234 e. The smallest absolute Gasteiger partial charge is 0.234 e. The van der Waals surface area contributed by atoms with Crippen LogP contribution in [0.3, 0.4) is 0 Å². The average molecular weight is 518 g/mol. The highest BCUT2D eigenvalue weighted by Crippen LogP contribution is 2.23. The second kappa shape index (κ2) is 11.5. The monoisotopic (exact) mass is 516 g/mol. The predicted octanol–water partition coefficient (Wildman–Crippen LogP) is 6.01. The first-order valence-corrected chi connectivity index (χ1v) is 12.7. The molecule has 0 aliphatic rings. The molecule has 0 bridgehead atoms. The fourth-order valence-corrected chi connectivity index (χ4v) is 4.78. The van der Waals surface area contributed by atoms with E-state index in [-0.39, 0.29) is 11.7 Å². The summed E-state index contributed by atoms with van der Waals surface area (Å²) in [7, 11) is 0. The fourth-order valence-electron chi connectivity index (χ4n) is 2.84. The van der Waals surface area contributed by atoms with E-state index in [1.807, 2.05) is 35.8 Å². The maximum atomic E-state index is 12.4. The van der Waals surface area contributed by atoms with Crippen molar-refractivity contribution >= 4 is 51.0 Å². The van der Waals surface area contributed by atoms with Gasteiger partial charge in [0.1, 0.15) is 5.82 Å². The van der Waals surface area contributed by atoms with Crippen LogP contribution in [0.25, 0.3) is 0 Å². The number of hydrogen-bond donors (Lipinski definition) is 1. The van der Waals surface area contributed by atoms with Gasteiger partial charge in [-0.05, 0) is 43.2 Å². The van der Waals surface area contributed by atoms with Crippen molar-refractivity contribution < 1.29 is 4.79 Å². The molecule has 1 heterocycles. The summed E-state index contributed by atoms with van der Waals surface area (Å²) in [6.45, 7) is 8.54. The Morgan fingerprint density at radius 1 is 1.16 bits per heavy atom. The van der Waals surface area contributed by atoms with Crippen LogP contribution in [0.4, 0.5) is 5.69 Å². The van der Waals surface area contributed by atoms with E-state index in [1.54, 1.807) is 11.8 Å². The van der Waals surface area contributed by atoms with Gasteiger partial charge >= 0.3 is 0 Å². The highest BCUT2D eigenvalue weighted by Gasteiger charge is 2.14. The van der Waals surface area contributed by atoms with Gasteiger partial charge in [0.15, 0.2) is 5.16 Å². The second-order valence-electron chi connectivity index (χ2n) is 7.08. The van der Waals surface area contributed by atoms with Crippen molar-refractivity contribution in [2.45, 2.75) is 37.1 Å². The van der Waals surface area contributed by atoms with E-state index in [9.17, 15) is 4.79 Å². The lowest BCUT2D eigenvalue weighted by Gasteiger charge is -2.09. The summed E-state index contributed by atoms with van der Waals surface area (Å²) in [5.41, 5.74) is 4.41. The quantitative estimate of drug-likeness (QED) is 0.264. The molecular weight excluding hydrogens is 492 g/mol. The van der Waals surface area contributed by atoms with Crippen molar-refractivity contribution in [2.75, 3.05) is 11.1 Å². The standard InChI is InChI=1S/C23H25BrN4OS2/c1-4-11-28-21(14-30-13-18-7-5-16(2)6-8-18)26-27-23(28)31-15-22(29)25-19-9-10-20(24)17(3)12-19/h4-10,12H,1,11,13-15H2,2-3H3,(H,25,29).